The molecule has 0 saturated carbocycles. The molecule has 1 heterocycles. The van der Waals surface area contributed by atoms with Gasteiger partial charge < -0.3 is 16.6 Å². The number of pyridine rings is 1. The van der Waals surface area contributed by atoms with E-state index in [1.165, 1.54) is 11.8 Å². The summed E-state index contributed by atoms with van der Waals surface area (Å²) in [7, 11) is 0. The Bertz CT molecular complexity index is 792. The van der Waals surface area contributed by atoms with E-state index in [-0.39, 0.29) is 5.12 Å². The lowest BCUT2D eigenvalue weighted by atomic mass is 9.99. The van der Waals surface area contributed by atoms with Crippen molar-refractivity contribution in [1.82, 2.24) is 4.98 Å². The Labute approximate surface area is 158 Å². The number of carbonyl (C=O) groups is 2. The summed E-state index contributed by atoms with van der Waals surface area (Å²) in [6.07, 6.45) is -2.03. The zero-order chi connectivity index (χ0) is 20.7. The fourth-order valence-corrected chi connectivity index (χ4v) is 2.89. The number of carbonyl (C=O) groups excluding carboxylic acids is 1. The molecule has 1 aromatic heterocycles. The Hall–Kier alpha value is -2.17. The first-order valence-electron chi connectivity index (χ1n) is 7.84. The molecule has 0 spiro atoms. The van der Waals surface area contributed by atoms with Gasteiger partial charge in [0.2, 0.25) is 5.12 Å². The van der Waals surface area contributed by atoms with Crippen LogP contribution < -0.4 is 11.5 Å². The molecule has 6 nitrogen and oxygen atoms in total. The molecule has 0 saturated heterocycles. The topological polar surface area (TPSA) is 119 Å². The maximum atomic E-state index is 12.4. The van der Waals surface area contributed by atoms with Crippen LogP contribution in [0.3, 0.4) is 0 Å². The number of carboxylic acid groups (broad SMARTS) is 1. The summed E-state index contributed by atoms with van der Waals surface area (Å²) in [5.41, 5.74) is 11.6. The highest BCUT2D eigenvalue weighted by atomic mass is 32.2. The van der Waals surface area contributed by atoms with Crippen molar-refractivity contribution >= 4 is 33.7 Å². The van der Waals surface area contributed by atoms with Crippen LogP contribution in [-0.4, -0.2) is 39.4 Å². The SMILES string of the molecule is C[C@](N)(CCCN)C(=O)Sc1ccnc2ccccc12.O=C(O)C(F)(F)F. The molecule has 2 aromatic rings. The highest BCUT2D eigenvalue weighted by Crippen LogP contribution is 2.30. The standard InChI is InChI=1S/C15H19N3OS.C2HF3O2/c1-15(17,8-4-9-16)14(19)20-13-7-10-18-12-6-3-2-5-11(12)13;3-2(4,5)1(6)7/h2-3,5-7,10H,4,8-9,16-17H2,1H3;(H,6,7)/t15-;/m0./s1. The van der Waals surface area contributed by atoms with E-state index in [4.69, 9.17) is 21.4 Å². The minimum atomic E-state index is -5.08. The molecule has 0 aliphatic rings. The van der Waals surface area contributed by atoms with Crippen LogP contribution in [0.4, 0.5) is 13.2 Å². The summed E-state index contributed by atoms with van der Waals surface area (Å²) in [5.74, 6) is -2.76. The quantitative estimate of drug-likeness (QED) is 0.657. The molecule has 1 aromatic carbocycles. The first kappa shape index (κ1) is 22.9. The maximum absolute atomic E-state index is 12.4. The number of aliphatic carboxylic acids is 1. The Morgan fingerprint density at radius 3 is 2.37 bits per heavy atom. The zero-order valence-electron chi connectivity index (χ0n) is 14.5. The maximum Gasteiger partial charge on any atom is 0.490 e. The number of nitrogens with zero attached hydrogens (tertiary/aromatic N) is 1. The number of nitrogens with two attached hydrogens (primary N) is 2. The fraction of sp³-hybridized carbons (Fsp3) is 0.353. The van der Waals surface area contributed by atoms with Gasteiger partial charge in [0.25, 0.3) is 0 Å². The summed E-state index contributed by atoms with van der Waals surface area (Å²) in [6.45, 7) is 2.31. The van der Waals surface area contributed by atoms with Crippen molar-refractivity contribution in [2.75, 3.05) is 6.54 Å². The van der Waals surface area contributed by atoms with Gasteiger partial charge in [-0.25, -0.2) is 4.79 Å². The molecule has 0 radical (unpaired) electrons. The number of halogens is 3. The van der Waals surface area contributed by atoms with Crippen molar-refractivity contribution < 1.29 is 27.9 Å². The van der Waals surface area contributed by atoms with Crippen LogP contribution in [0.1, 0.15) is 19.8 Å². The molecule has 0 fully saturated rings. The number of hydrogen-bond acceptors (Lipinski definition) is 6. The number of aromatic nitrogens is 1. The van der Waals surface area contributed by atoms with E-state index in [1.807, 2.05) is 30.3 Å². The predicted molar refractivity (Wildman–Crippen MR) is 97.2 cm³/mol. The number of alkyl halides is 3. The lowest BCUT2D eigenvalue weighted by Gasteiger charge is -2.22. The Morgan fingerprint density at radius 1 is 1.22 bits per heavy atom. The van der Waals surface area contributed by atoms with Gasteiger partial charge in [-0.05, 0) is 50.2 Å². The van der Waals surface area contributed by atoms with Gasteiger partial charge in [-0.15, -0.1) is 0 Å². The highest BCUT2D eigenvalue weighted by Gasteiger charge is 2.38. The second kappa shape index (κ2) is 9.67. The molecule has 0 unspecified atom stereocenters. The summed E-state index contributed by atoms with van der Waals surface area (Å²) in [4.78, 5) is 26.4. The van der Waals surface area contributed by atoms with Crippen molar-refractivity contribution in [3.05, 3.63) is 36.5 Å². The number of hydrogen-bond donors (Lipinski definition) is 3. The lowest BCUT2D eigenvalue weighted by molar-refractivity contribution is -0.192. The first-order valence-corrected chi connectivity index (χ1v) is 8.66. The van der Waals surface area contributed by atoms with Crippen LogP contribution in [0.25, 0.3) is 10.9 Å². The van der Waals surface area contributed by atoms with E-state index in [0.29, 0.717) is 13.0 Å². The van der Waals surface area contributed by atoms with Crippen molar-refractivity contribution in [2.24, 2.45) is 11.5 Å². The van der Waals surface area contributed by atoms with Crippen LogP contribution >= 0.6 is 11.8 Å². The smallest absolute Gasteiger partial charge is 0.475 e. The van der Waals surface area contributed by atoms with E-state index in [2.05, 4.69) is 4.98 Å². The van der Waals surface area contributed by atoms with Gasteiger partial charge in [0, 0.05) is 16.5 Å². The van der Waals surface area contributed by atoms with Gasteiger partial charge >= 0.3 is 12.1 Å². The molecular weight excluding hydrogens is 383 g/mol. The van der Waals surface area contributed by atoms with Gasteiger partial charge in [0.1, 0.15) is 0 Å². The number of thioether (sulfide) groups is 1. The molecule has 0 amide bonds. The van der Waals surface area contributed by atoms with Gasteiger partial charge in [0.05, 0.1) is 11.1 Å². The molecule has 2 rings (SSSR count). The van der Waals surface area contributed by atoms with Crippen molar-refractivity contribution in [3.8, 4) is 0 Å². The third-order valence-corrected chi connectivity index (χ3v) is 4.65. The molecule has 27 heavy (non-hydrogen) atoms. The van der Waals surface area contributed by atoms with Gasteiger partial charge in [0.15, 0.2) is 0 Å². The van der Waals surface area contributed by atoms with E-state index in [1.54, 1.807) is 13.1 Å². The summed E-state index contributed by atoms with van der Waals surface area (Å²) < 4.78 is 31.7. The Kier molecular flexibility index (Phi) is 8.20. The number of benzene rings is 1. The Morgan fingerprint density at radius 2 is 1.81 bits per heavy atom. The fourth-order valence-electron chi connectivity index (χ4n) is 1.95. The highest BCUT2D eigenvalue weighted by molar-refractivity contribution is 8.14. The second-order valence-corrected chi connectivity index (χ2v) is 6.84. The van der Waals surface area contributed by atoms with Gasteiger partial charge in [-0.2, -0.15) is 13.2 Å². The number of fused-ring (bicyclic) bond motifs is 1. The van der Waals surface area contributed by atoms with Crippen molar-refractivity contribution in [3.63, 3.8) is 0 Å². The van der Waals surface area contributed by atoms with Crippen molar-refractivity contribution in [2.45, 2.75) is 36.4 Å². The third kappa shape index (κ3) is 7.16. The summed E-state index contributed by atoms with van der Waals surface area (Å²) >= 11 is 1.19. The third-order valence-electron chi connectivity index (χ3n) is 3.42. The molecule has 148 valence electrons. The minimum Gasteiger partial charge on any atom is -0.475 e. The normalized spacial score (nSPS) is 13.4. The first-order chi connectivity index (χ1) is 12.5. The van der Waals surface area contributed by atoms with Crippen LogP contribution in [0, 0.1) is 0 Å². The predicted octanol–water partition coefficient (Wildman–Crippen LogP) is 2.94. The zero-order valence-corrected chi connectivity index (χ0v) is 15.3. The summed E-state index contributed by atoms with van der Waals surface area (Å²) in [6, 6.07) is 9.62. The number of para-hydroxylation sites is 1. The van der Waals surface area contributed by atoms with Crippen LogP contribution in [0.15, 0.2) is 41.4 Å². The van der Waals surface area contributed by atoms with Crippen LogP contribution in [0.2, 0.25) is 0 Å². The molecule has 0 aliphatic heterocycles. The molecule has 5 N–H and O–H groups in total. The molecule has 0 aliphatic carbocycles. The van der Waals surface area contributed by atoms with E-state index < -0.39 is 17.7 Å². The largest absolute Gasteiger partial charge is 0.490 e. The van der Waals surface area contributed by atoms with Crippen LogP contribution in [-0.2, 0) is 9.59 Å². The van der Waals surface area contributed by atoms with Gasteiger partial charge in [-0.1, -0.05) is 18.2 Å². The molecule has 0 bridgehead atoms. The van der Waals surface area contributed by atoms with E-state index >= 15 is 0 Å². The molecule has 1 atom stereocenters. The summed E-state index contributed by atoms with van der Waals surface area (Å²) in [5, 5.41) is 8.06. The Balaban J connectivity index is 0.000000445. The van der Waals surface area contributed by atoms with E-state index in [9.17, 15) is 18.0 Å². The second-order valence-electron chi connectivity index (χ2n) is 5.83. The molecule has 10 heteroatoms. The monoisotopic (exact) mass is 403 g/mol. The van der Waals surface area contributed by atoms with Crippen molar-refractivity contribution in [1.29, 1.82) is 0 Å². The lowest BCUT2D eigenvalue weighted by Crippen LogP contribution is -2.43. The number of carboxylic acids is 1. The minimum absolute atomic E-state index is 0.0395. The average molecular weight is 403 g/mol. The average Bonchev–Trinajstić information content (AvgIpc) is 2.60. The van der Waals surface area contributed by atoms with Crippen LogP contribution in [0.5, 0.6) is 0 Å². The van der Waals surface area contributed by atoms with Gasteiger partial charge in [-0.3, -0.25) is 9.78 Å². The number of rotatable bonds is 5. The molecular formula is C17H20F3N3O3S. The van der Waals surface area contributed by atoms with E-state index in [0.717, 1.165) is 22.2 Å².